The van der Waals surface area contributed by atoms with Gasteiger partial charge in [0.05, 0.1) is 0 Å². The van der Waals surface area contributed by atoms with Crippen molar-refractivity contribution in [1.82, 2.24) is 9.97 Å². The fourth-order valence-electron chi connectivity index (χ4n) is 1.32. The van der Waals surface area contributed by atoms with Gasteiger partial charge < -0.3 is 5.32 Å². The van der Waals surface area contributed by atoms with E-state index < -0.39 is 0 Å². The maximum absolute atomic E-state index is 11.7. The van der Waals surface area contributed by atoms with Gasteiger partial charge >= 0.3 is 6.03 Å². The molecule has 0 saturated heterocycles. The van der Waals surface area contributed by atoms with Gasteiger partial charge in [-0.25, -0.2) is 9.78 Å². The van der Waals surface area contributed by atoms with Crippen LogP contribution < -0.4 is 10.6 Å². The summed E-state index contributed by atoms with van der Waals surface area (Å²) in [5.41, 5.74) is 1.60. The van der Waals surface area contributed by atoms with Crippen molar-refractivity contribution in [3.05, 3.63) is 48.4 Å². The second-order valence-electron chi connectivity index (χ2n) is 3.48. The first kappa shape index (κ1) is 11.1. The van der Waals surface area contributed by atoms with E-state index in [-0.39, 0.29) is 6.03 Å². The third-order valence-electron chi connectivity index (χ3n) is 2.18. The molecule has 17 heavy (non-hydrogen) atoms. The van der Waals surface area contributed by atoms with E-state index in [1.54, 1.807) is 30.7 Å². The molecular weight excluding hydrogens is 216 g/mol. The minimum absolute atomic E-state index is 0.321. The van der Waals surface area contributed by atoms with Crippen LogP contribution in [0.5, 0.6) is 0 Å². The molecule has 2 heterocycles. The molecule has 2 aromatic heterocycles. The normalized spacial score (nSPS) is 9.71. The number of hydrogen-bond acceptors (Lipinski definition) is 3. The lowest BCUT2D eigenvalue weighted by atomic mass is 10.3. The van der Waals surface area contributed by atoms with Crippen LogP contribution in [0.3, 0.4) is 0 Å². The summed E-state index contributed by atoms with van der Waals surface area (Å²) in [6.07, 6.45) is 4.86. The van der Waals surface area contributed by atoms with Gasteiger partial charge in [-0.15, -0.1) is 0 Å². The molecule has 0 aromatic carbocycles. The predicted octanol–water partition coefficient (Wildman–Crippen LogP) is 2.43. The Morgan fingerprint density at radius 2 is 1.88 bits per heavy atom. The molecule has 2 aromatic rings. The van der Waals surface area contributed by atoms with E-state index in [9.17, 15) is 4.79 Å². The van der Waals surface area contributed by atoms with Crippen molar-refractivity contribution < 1.29 is 4.79 Å². The molecule has 0 atom stereocenters. The fourth-order valence-corrected chi connectivity index (χ4v) is 1.32. The molecular formula is C12H12N4O. The van der Waals surface area contributed by atoms with Gasteiger partial charge in [0.25, 0.3) is 0 Å². The molecule has 5 heteroatoms. The van der Waals surface area contributed by atoms with Crippen molar-refractivity contribution >= 4 is 17.5 Å². The number of urea groups is 1. The summed E-state index contributed by atoms with van der Waals surface area (Å²) >= 11 is 0. The number of nitrogens with zero attached hydrogens (tertiary/aromatic N) is 2. The third kappa shape index (κ3) is 3.01. The van der Waals surface area contributed by atoms with E-state index in [1.807, 2.05) is 19.1 Å². The average molecular weight is 228 g/mol. The maximum Gasteiger partial charge on any atom is 0.324 e. The van der Waals surface area contributed by atoms with E-state index in [0.29, 0.717) is 11.5 Å². The smallest absolute Gasteiger partial charge is 0.308 e. The van der Waals surface area contributed by atoms with Gasteiger partial charge in [0.2, 0.25) is 0 Å². The molecule has 0 fully saturated rings. The lowest BCUT2D eigenvalue weighted by molar-refractivity contribution is 0.262. The van der Waals surface area contributed by atoms with Gasteiger partial charge in [-0.05, 0) is 30.7 Å². The Morgan fingerprint density at radius 3 is 2.59 bits per heavy atom. The number of aromatic nitrogens is 2. The topological polar surface area (TPSA) is 66.9 Å². The van der Waals surface area contributed by atoms with E-state index >= 15 is 0 Å². The minimum atomic E-state index is -0.321. The van der Waals surface area contributed by atoms with Crippen LogP contribution in [0.2, 0.25) is 0 Å². The van der Waals surface area contributed by atoms with Crippen LogP contribution in [0, 0.1) is 6.92 Å². The zero-order chi connectivity index (χ0) is 12.1. The Kier molecular flexibility index (Phi) is 3.30. The molecule has 0 radical (unpaired) electrons. The molecule has 2 N–H and O–H groups in total. The van der Waals surface area contributed by atoms with Gasteiger partial charge in [0.1, 0.15) is 5.82 Å². The molecule has 0 bridgehead atoms. The molecule has 0 aliphatic heterocycles. The number of amides is 2. The Balaban J connectivity index is 2.01. The number of aryl methyl sites for hydroxylation is 1. The summed E-state index contributed by atoms with van der Waals surface area (Å²) in [5, 5.41) is 5.36. The van der Waals surface area contributed by atoms with Crippen molar-refractivity contribution in [2.45, 2.75) is 6.92 Å². The molecule has 0 aliphatic rings. The number of rotatable bonds is 2. The quantitative estimate of drug-likeness (QED) is 0.829. The first-order chi connectivity index (χ1) is 8.25. The van der Waals surface area contributed by atoms with E-state index in [2.05, 4.69) is 20.6 Å². The van der Waals surface area contributed by atoms with Gasteiger partial charge in [0, 0.05) is 24.3 Å². The number of carbonyl (C=O) groups is 1. The van der Waals surface area contributed by atoms with Crippen LogP contribution in [-0.2, 0) is 0 Å². The SMILES string of the molecule is Cc1cccnc1NC(=O)Nc1ccncc1. The highest BCUT2D eigenvalue weighted by atomic mass is 16.2. The zero-order valence-electron chi connectivity index (χ0n) is 9.34. The maximum atomic E-state index is 11.7. The minimum Gasteiger partial charge on any atom is -0.308 e. The number of pyridine rings is 2. The van der Waals surface area contributed by atoms with Gasteiger partial charge in [-0.1, -0.05) is 6.07 Å². The molecule has 2 amide bonds. The van der Waals surface area contributed by atoms with Crippen LogP contribution in [0.1, 0.15) is 5.56 Å². The van der Waals surface area contributed by atoms with E-state index in [1.165, 1.54) is 0 Å². The van der Waals surface area contributed by atoms with Crippen LogP contribution in [0.25, 0.3) is 0 Å². The van der Waals surface area contributed by atoms with Crippen molar-refractivity contribution in [3.8, 4) is 0 Å². The third-order valence-corrected chi connectivity index (χ3v) is 2.18. The number of carbonyl (C=O) groups excluding carboxylic acids is 1. The number of nitrogens with one attached hydrogen (secondary N) is 2. The van der Waals surface area contributed by atoms with Gasteiger partial charge in [0.15, 0.2) is 0 Å². The van der Waals surface area contributed by atoms with Crippen LogP contribution in [0.15, 0.2) is 42.9 Å². The standard InChI is InChI=1S/C12H12N4O/c1-9-3-2-6-14-11(9)16-12(17)15-10-4-7-13-8-5-10/h2-8H,1H3,(H2,13,14,15,16,17). The molecule has 2 rings (SSSR count). The average Bonchev–Trinajstić information content (AvgIpc) is 2.33. The van der Waals surface area contributed by atoms with Crippen LogP contribution in [-0.4, -0.2) is 16.0 Å². The monoisotopic (exact) mass is 228 g/mol. The first-order valence-electron chi connectivity index (χ1n) is 5.15. The highest BCUT2D eigenvalue weighted by Gasteiger charge is 2.04. The largest absolute Gasteiger partial charge is 0.324 e. The molecule has 0 unspecified atom stereocenters. The Morgan fingerprint density at radius 1 is 1.12 bits per heavy atom. The van der Waals surface area contributed by atoms with E-state index in [4.69, 9.17) is 0 Å². The van der Waals surface area contributed by atoms with Gasteiger partial charge in [-0.3, -0.25) is 10.3 Å². The number of hydrogen-bond donors (Lipinski definition) is 2. The van der Waals surface area contributed by atoms with Crippen molar-refractivity contribution in [3.63, 3.8) is 0 Å². The van der Waals surface area contributed by atoms with Crippen LogP contribution in [0.4, 0.5) is 16.3 Å². The molecule has 86 valence electrons. The second kappa shape index (κ2) is 5.07. The molecule has 0 aliphatic carbocycles. The van der Waals surface area contributed by atoms with Crippen molar-refractivity contribution in [2.75, 3.05) is 10.6 Å². The molecule has 0 saturated carbocycles. The summed E-state index contributed by atoms with van der Waals surface area (Å²) in [4.78, 5) is 19.6. The highest BCUT2D eigenvalue weighted by molar-refractivity contribution is 5.99. The lowest BCUT2D eigenvalue weighted by Crippen LogP contribution is -2.20. The molecule has 5 nitrogen and oxygen atoms in total. The van der Waals surface area contributed by atoms with Crippen molar-refractivity contribution in [1.29, 1.82) is 0 Å². The molecule has 0 spiro atoms. The lowest BCUT2D eigenvalue weighted by Gasteiger charge is -2.08. The first-order valence-corrected chi connectivity index (χ1v) is 5.15. The Labute approximate surface area is 98.9 Å². The summed E-state index contributed by atoms with van der Waals surface area (Å²) in [6, 6.07) is 6.81. The fraction of sp³-hybridized carbons (Fsp3) is 0.0833. The number of anilines is 2. The predicted molar refractivity (Wildman–Crippen MR) is 65.9 cm³/mol. The summed E-state index contributed by atoms with van der Waals surface area (Å²) in [5.74, 6) is 0.555. The Bertz CT molecular complexity index is 513. The highest BCUT2D eigenvalue weighted by Crippen LogP contribution is 2.10. The zero-order valence-corrected chi connectivity index (χ0v) is 9.34. The Hall–Kier alpha value is -2.43. The second-order valence-corrected chi connectivity index (χ2v) is 3.48. The van der Waals surface area contributed by atoms with Crippen LogP contribution >= 0.6 is 0 Å². The summed E-state index contributed by atoms with van der Waals surface area (Å²) < 4.78 is 0. The summed E-state index contributed by atoms with van der Waals surface area (Å²) in [6.45, 7) is 1.88. The van der Waals surface area contributed by atoms with Crippen molar-refractivity contribution in [2.24, 2.45) is 0 Å². The summed E-state index contributed by atoms with van der Waals surface area (Å²) in [7, 11) is 0. The van der Waals surface area contributed by atoms with E-state index in [0.717, 1.165) is 5.56 Å². The van der Waals surface area contributed by atoms with Gasteiger partial charge in [-0.2, -0.15) is 0 Å².